The molecular weight excluding hydrogens is 368 g/mol. The summed E-state index contributed by atoms with van der Waals surface area (Å²) < 4.78 is 1.05. The largest absolute Gasteiger partial charge is 0.351 e. The first-order chi connectivity index (χ1) is 9.20. The zero-order chi connectivity index (χ0) is 13.7. The van der Waals surface area contributed by atoms with Crippen LogP contribution in [-0.4, -0.2) is 16.9 Å². The fourth-order valence-electron chi connectivity index (χ4n) is 1.88. The summed E-state index contributed by atoms with van der Waals surface area (Å²) in [6.07, 6.45) is 1.87. The van der Waals surface area contributed by atoms with Gasteiger partial charge in [0.2, 0.25) is 0 Å². The third kappa shape index (κ3) is 4.05. The third-order valence-electron chi connectivity index (χ3n) is 2.93. The summed E-state index contributed by atoms with van der Waals surface area (Å²) in [5.74, 6) is 1.02. The van der Waals surface area contributed by atoms with Crippen molar-refractivity contribution in [3.63, 3.8) is 0 Å². The van der Waals surface area contributed by atoms with Crippen LogP contribution in [0.2, 0.25) is 0 Å². The SMILES string of the molecule is Cc1cc(N(CCBr)Cc2ccccc2)ncc1Br. The summed E-state index contributed by atoms with van der Waals surface area (Å²) in [4.78, 5) is 6.79. The Morgan fingerprint density at radius 1 is 1.21 bits per heavy atom. The minimum Gasteiger partial charge on any atom is -0.351 e. The van der Waals surface area contributed by atoms with Gasteiger partial charge < -0.3 is 4.90 Å². The number of aryl methyl sites for hydroxylation is 1. The van der Waals surface area contributed by atoms with E-state index in [1.165, 1.54) is 11.1 Å². The van der Waals surface area contributed by atoms with Crippen molar-refractivity contribution in [3.05, 3.63) is 58.2 Å². The van der Waals surface area contributed by atoms with Crippen molar-refractivity contribution in [1.29, 1.82) is 0 Å². The van der Waals surface area contributed by atoms with Gasteiger partial charge in [-0.05, 0) is 40.0 Å². The quantitative estimate of drug-likeness (QED) is 0.704. The van der Waals surface area contributed by atoms with Crippen molar-refractivity contribution in [2.24, 2.45) is 0 Å². The van der Waals surface area contributed by atoms with Gasteiger partial charge in [-0.2, -0.15) is 0 Å². The van der Waals surface area contributed by atoms with Crippen LogP contribution < -0.4 is 4.90 Å². The topological polar surface area (TPSA) is 16.1 Å². The lowest BCUT2D eigenvalue weighted by molar-refractivity contribution is 0.820. The van der Waals surface area contributed by atoms with Gasteiger partial charge in [-0.15, -0.1) is 0 Å². The number of anilines is 1. The number of rotatable bonds is 5. The van der Waals surface area contributed by atoms with Crippen molar-refractivity contribution in [1.82, 2.24) is 4.98 Å². The van der Waals surface area contributed by atoms with Crippen LogP contribution in [0.3, 0.4) is 0 Å². The smallest absolute Gasteiger partial charge is 0.129 e. The van der Waals surface area contributed by atoms with E-state index in [0.717, 1.165) is 28.7 Å². The Morgan fingerprint density at radius 3 is 2.58 bits per heavy atom. The molecule has 0 fully saturated rings. The number of alkyl halides is 1. The lowest BCUT2D eigenvalue weighted by Crippen LogP contribution is -2.25. The molecule has 2 rings (SSSR count). The summed E-state index contributed by atoms with van der Waals surface area (Å²) >= 11 is 7.01. The molecule has 0 N–H and O–H groups in total. The van der Waals surface area contributed by atoms with E-state index in [4.69, 9.17) is 0 Å². The molecule has 0 aliphatic carbocycles. The number of hydrogen-bond acceptors (Lipinski definition) is 2. The van der Waals surface area contributed by atoms with Crippen LogP contribution in [0.1, 0.15) is 11.1 Å². The average molecular weight is 384 g/mol. The molecule has 4 heteroatoms. The molecule has 0 atom stereocenters. The molecule has 0 aliphatic heterocycles. The van der Waals surface area contributed by atoms with Crippen molar-refractivity contribution >= 4 is 37.7 Å². The number of aromatic nitrogens is 1. The van der Waals surface area contributed by atoms with Crippen LogP contribution in [-0.2, 0) is 6.54 Å². The maximum atomic E-state index is 4.51. The highest BCUT2D eigenvalue weighted by Gasteiger charge is 2.09. The van der Waals surface area contributed by atoms with Crippen molar-refractivity contribution in [2.75, 3.05) is 16.8 Å². The first-order valence-corrected chi connectivity index (χ1v) is 8.09. The number of hydrogen-bond donors (Lipinski definition) is 0. The summed E-state index contributed by atoms with van der Waals surface area (Å²) in [7, 11) is 0. The van der Waals surface area contributed by atoms with Gasteiger partial charge in [0.25, 0.3) is 0 Å². The standard InChI is InChI=1S/C15H16Br2N2/c1-12-9-15(18-10-14(12)17)19(8-7-16)11-13-5-3-2-4-6-13/h2-6,9-10H,7-8,11H2,1H3. The molecule has 0 aliphatic rings. The van der Waals surface area contributed by atoms with Crippen molar-refractivity contribution < 1.29 is 0 Å². The van der Waals surface area contributed by atoms with Gasteiger partial charge in [-0.25, -0.2) is 4.98 Å². The van der Waals surface area contributed by atoms with Crippen LogP contribution >= 0.6 is 31.9 Å². The summed E-state index contributed by atoms with van der Waals surface area (Å²) in [5, 5.41) is 0.927. The molecule has 0 saturated carbocycles. The van der Waals surface area contributed by atoms with E-state index in [1.807, 2.05) is 12.3 Å². The molecule has 100 valence electrons. The van der Waals surface area contributed by atoms with E-state index in [0.29, 0.717) is 0 Å². The highest BCUT2D eigenvalue weighted by Crippen LogP contribution is 2.21. The van der Waals surface area contributed by atoms with Gasteiger partial charge in [0, 0.05) is 29.1 Å². The van der Waals surface area contributed by atoms with Crippen LogP contribution in [0.25, 0.3) is 0 Å². The lowest BCUT2D eigenvalue weighted by Gasteiger charge is -2.23. The van der Waals surface area contributed by atoms with Gasteiger partial charge in [0.05, 0.1) is 0 Å². The highest BCUT2D eigenvalue weighted by atomic mass is 79.9. The maximum absolute atomic E-state index is 4.51. The number of nitrogens with zero attached hydrogens (tertiary/aromatic N) is 2. The Balaban J connectivity index is 2.21. The maximum Gasteiger partial charge on any atom is 0.129 e. The highest BCUT2D eigenvalue weighted by molar-refractivity contribution is 9.10. The van der Waals surface area contributed by atoms with E-state index in [2.05, 4.69) is 79.0 Å². The second kappa shape index (κ2) is 7.06. The third-order valence-corrected chi connectivity index (χ3v) is 4.11. The van der Waals surface area contributed by atoms with Crippen LogP contribution in [0, 0.1) is 6.92 Å². The minimum absolute atomic E-state index is 0.876. The average Bonchev–Trinajstić information content (AvgIpc) is 2.43. The normalized spacial score (nSPS) is 10.5. The molecule has 0 unspecified atom stereocenters. The van der Waals surface area contributed by atoms with Gasteiger partial charge in [0.15, 0.2) is 0 Å². The fourth-order valence-corrected chi connectivity index (χ4v) is 2.52. The predicted molar refractivity (Wildman–Crippen MR) is 88.0 cm³/mol. The molecule has 0 bridgehead atoms. The Hall–Kier alpha value is -0.870. The molecule has 1 aromatic carbocycles. The monoisotopic (exact) mass is 382 g/mol. The molecule has 1 heterocycles. The molecule has 2 nitrogen and oxygen atoms in total. The van der Waals surface area contributed by atoms with E-state index in [-0.39, 0.29) is 0 Å². The van der Waals surface area contributed by atoms with Gasteiger partial charge in [-0.3, -0.25) is 0 Å². The molecule has 19 heavy (non-hydrogen) atoms. The van der Waals surface area contributed by atoms with E-state index >= 15 is 0 Å². The Labute approximate surface area is 131 Å². The fraction of sp³-hybridized carbons (Fsp3) is 0.267. The molecule has 1 aromatic heterocycles. The second-order valence-corrected chi connectivity index (χ2v) is 6.04. The van der Waals surface area contributed by atoms with E-state index < -0.39 is 0 Å². The molecular formula is C15H16Br2N2. The van der Waals surface area contributed by atoms with Crippen LogP contribution in [0.4, 0.5) is 5.82 Å². The van der Waals surface area contributed by atoms with E-state index in [1.54, 1.807) is 0 Å². The summed E-state index contributed by atoms with van der Waals surface area (Å²) in [6.45, 7) is 3.90. The number of pyridine rings is 1. The zero-order valence-electron chi connectivity index (χ0n) is 10.8. The van der Waals surface area contributed by atoms with Crippen molar-refractivity contribution in [3.8, 4) is 0 Å². The Morgan fingerprint density at radius 2 is 1.95 bits per heavy atom. The van der Waals surface area contributed by atoms with Crippen LogP contribution in [0.5, 0.6) is 0 Å². The Bertz CT molecular complexity index is 529. The first-order valence-electron chi connectivity index (χ1n) is 6.17. The second-order valence-electron chi connectivity index (χ2n) is 4.39. The predicted octanol–water partition coefficient (Wildman–Crippen LogP) is 4.55. The van der Waals surface area contributed by atoms with Gasteiger partial charge in [-0.1, -0.05) is 46.3 Å². The zero-order valence-corrected chi connectivity index (χ0v) is 14.0. The molecule has 0 saturated heterocycles. The minimum atomic E-state index is 0.876. The van der Waals surface area contributed by atoms with Gasteiger partial charge >= 0.3 is 0 Å². The number of halogens is 2. The van der Waals surface area contributed by atoms with E-state index in [9.17, 15) is 0 Å². The van der Waals surface area contributed by atoms with Gasteiger partial charge in [0.1, 0.15) is 5.82 Å². The summed E-state index contributed by atoms with van der Waals surface area (Å²) in [6, 6.07) is 12.6. The number of benzene rings is 1. The Kier molecular flexibility index (Phi) is 5.40. The first kappa shape index (κ1) is 14.5. The summed E-state index contributed by atoms with van der Waals surface area (Å²) in [5.41, 5.74) is 2.50. The van der Waals surface area contributed by atoms with Crippen molar-refractivity contribution in [2.45, 2.75) is 13.5 Å². The van der Waals surface area contributed by atoms with Crippen LogP contribution in [0.15, 0.2) is 47.1 Å². The molecule has 0 amide bonds. The molecule has 2 aromatic rings. The molecule has 0 spiro atoms. The molecule has 0 radical (unpaired) electrons. The lowest BCUT2D eigenvalue weighted by atomic mass is 10.2.